The quantitative estimate of drug-likeness (QED) is 0.556. The van der Waals surface area contributed by atoms with Gasteiger partial charge in [-0.15, -0.1) is 0 Å². The number of rotatable bonds is 0. The summed E-state index contributed by atoms with van der Waals surface area (Å²) in [6, 6.07) is 0. The third-order valence-corrected chi connectivity index (χ3v) is 8.75. The average molecular weight is 333 g/mol. The summed E-state index contributed by atoms with van der Waals surface area (Å²) in [6.07, 6.45) is 10.0. The van der Waals surface area contributed by atoms with Crippen molar-refractivity contribution in [1.29, 1.82) is 0 Å². The first kappa shape index (κ1) is 16.8. The SMILES string of the molecule is C/C(F)=C1/CCC2C3CC=C4C(C)C(O)CC[C@]4(C)C3CC[C@]12C. The van der Waals surface area contributed by atoms with Gasteiger partial charge < -0.3 is 5.11 Å². The van der Waals surface area contributed by atoms with Crippen LogP contribution in [0.3, 0.4) is 0 Å². The van der Waals surface area contributed by atoms with Crippen molar-refractivity contribution in [3.05, 3.63) is 23.0 Å². The molecular formula is C22H33FO. The van der Waals surface area contributed by atoms with Gasteiger partial charge in [-0.25, -0.2) is 4.39 Å². The number of aliphatic hydroxyl groups is 1. The maximum atomic E-state index is 14.1. The second kappa shape index (κ2) is 5.43. The first-order valence-electron chi connectivity index (χ1n) is 10.0. The van der Waals surface area contributed by atoms with Crippen molar-refractivity contribution in [2.45, 2.75) is 78.7 Å². The van der Waals surface area contributed by atoms with Crippen molar-refractivity contribution in [2.24, 2.45) is 34.5 Å². The van der Waals surface area contributed by atoms with Crippen LogP contribution in [0.2, 0.25) is 0 Å². The van der Waals surface area contributed by atoms with Gasteiger partial charge in [0, 0.05) is 5.92 Å². The minimum atomic E-state index is -0.162. The predicted octanol–water partition coefficient (Wildman–Crippen LogP) is 5.80. The number of aliphatic hydroxyl groups excluding tert-OH is 1. The van der Waals surface area contributed by atoms with E-state index in [1.165, 1.54) is 18.4 Å². The summed E-state index contributed by atoms with van der Waals surface area (Å²) in [6.45, 7) is 8.68. The van der Waals surface area contributed by atoms with E-state index in [0.29, 0.717) is 17.8 Å². The molecule has 3 fully saturated rings. The van der Waals surface area contributed by atoms with Crippen LogP contribution in [0, 0.1) is 34.5 Å². The smallest absolute Gasteiger partial charge is 0.0966 e. The molecule has 7 atom stereocenters. The maximum absolute atomic E-state index is 14.1. The number of hydrogen-bond acceptors (Lipinski definition) is 1. The fraction of sp³-hybridized carbons (Fsp3) is 0.818. The molecular weight excluding hydrogens is 299 g/mol. The second-order valence-corrected chi connectivity index (χ2v) is 9.59. The van der Waals surface area contributed by atoms with Crippen LogP contribution >= 0.6 is 0 Å². The van der Waals surface area contributed by atoms with Crippen molar-refractivity contribution in [2.75, 3.05) is 0 Å². The van der Waals surface area contributed by atoms with Gasteiger partial charge in [0.15, 0.2) is 0 Å². The summed E-state index contributed by atoms with van der Waals surface area (Å²) < 4.78 is 14.1. The summed E-state index contributed by atoms with van der Waals surface area (Å²) >= 11 is 0. The molecule has 0 aromatic heterocycles. The van der Waals surface area contributed by atoms with Crippen LogP contribution < -0.4 is 0 Å². The fourth-order valence-corrected chi connectivity index (χ4v) is 7.44. The lowest BCUT2D eigenvalue weighted by Gasteiger charge is -2.58. The average Bonchev–Trinajstić information content (AvgIpc) is 2.89. The third kappa shape index (κ3) is 2.08. The molecule has 0 bridgehead atoms. The van der Waals surface area contributed by atoms with E-state index in [1.54, 1.807) is 6.92 Å². The van der Waals surface area contributed by atoms with Crippen LogP contribution in [0.5, 0.6) is 0 Å². The van der Waals surface area contributed by atoms with E-state index in [2.05, 4.69) is 26.8 Å². The molecule has 2 heteroatoms. The zero-order valence-corrected chi connectivity index (χ0v) is 15.7. The van der Waals surface area contributed by atoms with Gasteiger partial charge in [0.25, 0.3) is 0 Å². The van der Waals surface area contributed by atoms with Crippen molar-refractivity contribution in [3.63, 3.8) is 0 Å². The van der Waals surface area contributed by atoms with Gasteiger partial charge in [-0.3, -0.25) is 0 Å². The molecule has 4 aliphatic carbocycles. The lowest BCUT2D eigenvalue weighted by molar-refractivity contribution is -0.0390. The Hall–Kier alpha value is -0.630. The molecule has 0 aliphatic heterocycles. The van der Waals surface area contributed by atoms with Crippen LogP contribution in [0.15, 0.2) is 23.0 Å². The van der Waals surface area contributed by atoms with Crippen LogP contribution in [0.1, 0.15) is 72.6 Å². The number of fused-ring (bicyclic) bond motifs is 5. The minimum Gasteiger partial charge on any atom is -0.393 e. The Labute approximate surface area is 146 Å². The Kier molecular flexibility index (Phi) is 3.81. The van der Waals surface area contributed by atoms with Gasteiger partial charge in [-0.1, -0.05) is 32.4 Å². The summed E-state index contributed by atoms with van der Waals surface area (Å²) in [5, 5.41) is 10.3. The van der Waals surface area contributed by atoms with Crippen LogP contribution in [0.4, 0.5) is 4.39 Å². The normalized spacial score (nSPS) is 52.9. The van der Waals surface area contributed by atoms with Gasteiger partial charge in [-0.05, 0) is 86.0 Å². The zero-order valence-electron chi connectivity index (χ0n) is 15.7. The van der Waals surface area contributed by atoms with Crippen molar-refractivity contribution >= 4 is 0 Å². The molecule has 4 aliphatic rings. The first-order chi connectivity index (χ1) is 11.3. The van der Waals surface area contributed by atoms with E-state index in [-0.39, 0.29) is 22.8 Å². The van der Waals surface area contributed by atoms with Crippen molar-refractivity contribution in [3.8, 4) is 0 Å². The lowest BCUT2D eigenvalue weighted by Crippen LogP contribution is -2.51. The molecule has 0 saturated heterocycles. The summed E-state index contributed by atoms with van der Waals surface area (Å²) in [5.74, 6) is 2.48. The van der Waals surface area contributed by atoms with Crippen molar-refractivity contribution < 1.29 is 9.50 Å². The highest BCUT2D eigenvalue weighted by Crippen LogP contribution is 2.66. The van der Waals surface area contributed by atoms with Crippen molar-refractivity contribution in [1.82, 2.24) is 0 Å². The Balaban J connectivity index is 1.71. The maximum Gasteiger partial charge on any atom is 0.0966 e. The summed E-state index contributed by atoms with van der Waals surface area (Å²) in [4.78, 5) is 0. The van der Waals surface area contributed by atoms with Gasteiger partial charge in [0.1, 0.15) is 0 Å². The van der Waals surface area contributed by atoms with Gasteiger partial charge in [0.05, 0.1) is 11.9 Å². The molecule has 134 valence electrons. The number of halogens is 1. The largest absolute Gasteiger partial charge is 0.393 e. The molecule has 4 rings (SSSR count). The Morgan fingerprint density at radius 1 is 1.12 bits per heavy atom. The van der Waals surface area contributed by atoms with E-state index in [1.807, 2.05) is 0 Å². The highest BCUT2D eigenvalue weighted by molar-refractivity contribution is 5.31. The van der Waals surface area contributed by atoms with Gasteiger partial charge >= 0.3 is 0 Å². The number of hydrogen-bond donors (Lipinski definition) is 1. The second-order valence-electron chi connectivity index (χ2n) is 9.59. The van der Waals surface area contributed by atoms with Crippen LogP contribution in [0.25, 0.3) is 0 Å². The van der Waals surface area contributed by atoms with Gasteiger partial charge in [-0.2, -0.15) is 0 Å². The van der Waals surface area contributed by atoms with E-state index in [4.69, 9.17) is 0 Å². The molecule has 0 heterocycles. The monoisotopic (exact) mass is 332 g/mol. The Morgan fingerprint density at radius 3 is 2.50 bits per heavy atom. The van der Waals surface area contributed by atoms with E-state index < -0.39 is 0 Å². The fourth-order valence-electron chi connectivity index (χ4n) is 7.44. The Morgan fingerprint density at radius 2 is 1.79 bits per heavy atom. The molecule has 1 nitrogen and oxygen atoms in total. The molecule has 0 amide bonds. The molecule has 24 heavy (non-hydrogen) atoms. The topological polar surface area (TPSA) is 20.2 Å². The summed E-state index contributed by atoms with van der Waals surface area (Å²) in [7, 11) is 0. The highest BCUT2D eigenvalue weighted by Gasteiger charge is 2.58. The standard InChI is InChI=1S/C22H33FO/c1-13-16-6-5-15-18-8-7-17(14(2)23)22(18,4)11-9-19(15)21(16,3)12-10-20(13)24/h6,13,15,18-20,24H,5,7-12H2,1-4H3/b17-14+/t13?,15?,18?,19?,20?,21-,22+/m0/s1. The van der Waals surface area contributed by atoms with E-state index in [9.17, 15) is 9.50 Å². The molecule has 5 unspecified atom stereocenters. The van der Waals surface area contributed by atoms with Crippen LogP contribution in [-0.2, 0) is 0 Å². The first-order valence-corrected chi connectivity index (χ1v) is 10.0. The summed E-state index contributed by atoms with van der Waals surface area (Å²) in [5.41, 5.74) is 3.02. The number of allylic oxidation sites excluding steroid dienone is 3. The lowest BCUT2D eigenvalue weighted by atomic mass is 9.46. The highest BCUT2D eigenvalue weighted by atomic mass is 19.1. The molecule has 0 spiro atoms. The molecule has 3 saturated carbocycles. The Bertz CT molecular complexity index is 601. The molecule has 0 aromatic rings. The minimum absolute atomic E-state index is 0.0890. The van der Waals surface area contributed by atoms with Crippen LogP contribution in [-0.4, -0.2) is 11.2 Å². The predicted molar refractivity (Wildman–Crippen MR) is 96.1 cm³/mol. The zero-order chi connectivity index (χ0) is 17.3. The van der Waals surface area contributed by atoms with Gasteiger partial charge in [0.2, 0.25) is 0 Å². The molecule has 0 radical (unpaired) electrons. The molecule has 0 aromatic carbocycles. The molecule has 1 N–H and O–H groups in total. The van der Waals surface area contributed by atoms with E-state index in [0.717, 1.165) is 43.6 Å². The van der Waals surface area contributed by atoms with E-state index >= 15 is 0 Å². The third-order valence-electron chi connectivity index (χ3n) is 8.75.